The molecule has 0 radical (unpaired) electrons. The molecule has 2 unspecified atom stereocenters. The Morgan fingerprint density at radius 3 is 2.83 bits per heavy atom. The Bertz CT molecular complexity index is 916. The van der Waals surface area contributed by atoms with Crippen LogP contribution >= 0.6 is 0 Å². The zero-order valence-corrected chi connectivity index (χ0v) is 17.0. The summed E-state index contributed by atoms with van der Waals surface area (Å²) in [5, 5.41) is 16.0. The number of fused-ring (bicyclic) bond motifs is 1. The molecule has 7 N–H and O–H groups in total. The number of nitrogens with one attached hydrogen (secondary N) is 2. The maximum absolute atomic E-state index is 12.6. The number of anilines is 1. The minimum atomic E-state index is -0.336. The predicted molar refractivity (Wildman–Crippen MR) is 115 cm³/mol. The molecular formula is C21H30N6O3. The van der Waals surface area contributed by atoms with Crippen molar-refractivity contribution < 1.29 is 9.84 Å². The van der Waals surface area contributed by atoms with Crippen LogP contribution in [0.15, 0.2) is 35.3 Å². The number of nitrogens with zero attached hydrogens (tertiary/aromatic N) is 2. The second-order valence-corrected chi connectivity index (χ2v) is 8.00. The number of aliphatic hydroxyl groups is 1. The molecule has 2 aliphatic heterocycles. The average Bonchev–Trinajstić information content (AvgIpc) is 3.33. The summed E-state index contributed by atoms with van der Waals surface area (Å²) in [5.41, 5.74) is 14.1. The van der Waals surface area contributed by atoms with Crippen molar-refractivity contribution >= 4 is 5.82 Å². The highest BCUT2D eigenvalue weighted by molar-refractivity contribution is 5.51. The number of hydrogen-bond donors (Lipinski definition) is 5. The lowest BCUT2D eigenvalue weighted by atomic mass is 10.0. The molecule has 0 bridgehead atoms. The van der Waals surface area contributed by atoms with Gasteiger partial charge in [-0.25, -0.2) is 4.79 Å². The molecule has 3 heterocycles. The van der Waals surface area contributed by atoms with Crippen molar-refractivity contribution in [3.8, 4) is 5.69 Å². The molecule has 0 amide bonds. The maximum Gasteiger partial charge on any atom is 0.354 e. The molecule has 0 aliphatic carbocycles. The van der Waals surface area contributed by atoms with Gasteiger partial charge in [0, 0.05) is 30.8 Å². The number of aliphatic hydroxyl groups excluding tert-OH is 1. The van der Waals surface area contributed by atoms with Crippen LogP contribution in [0.3, 0.4) is 0 Å². The van der Waals surface area contributed by atoms with Gasteiger partial charge in [-0.15, -0.1) is 0 Å². The zero-order chi connectivity index (χ0) is 21.1. The number of rotatable bonds is 8. The molecule has 1 saturated heterocycles. The van der Waals surface area contributed by atoms with Gasteiger partial charge in [-0.1, -0.05) is 12.1 Å². The third kappa shape index (κ3) is 4.40. The number of ether oxygens (including phenoxy) is 1. The molecule has 0 saturated carbocycles. The lowest BCUT2D eigenvalue weighted by molar-refractivity contribution is 0.00146. The molecule has 9 nitrogen and oxygen atoms in total. The van der Waals surface area contributed by atoms with E-state index < -0.39 is 0 Å². The second kappa shape index (κ2) is 9.23. The first-order valence-corrected chi connectivity index (χ1v) is 10.5. The molecule has 2 aliphatic rings. The van der Waals surface area contributed by atoms with Crippen molar-refractivity contribution in [1.82, 2.24) is 14.9 Å². The van der Waals surface area contributed by atoms with E-state index in [1.165, 1.54) is 0 Å². The van der Waals surface area contributed by atoms with E-state index >= 15 is 0 Å². The third-order valence-corrected chi connectivity index (χ3v) is 5.83. The third-order valence-electron chi connectivity index (χ3n) is 5.83. The highest BCUT2D eigenvalue weighted by Crippen LogP contribution is 2.30. The Labute approximate surface area is 175 Å². The Balaban J connectivity index is 1.45. The van der Waals surface area contributed by atoms with Crippen LogP contribution in [0, 0.1) is 0 Å². The van der Waals surface area contributed by atoms with Crippen molar-refractivity contribution in [2.75, 3.05) is 25.0 Å². The lowest BCUT2D eigenvalue weighted by Gasteiger charge is -2.19. The smallest absolute Gasteiger partial charge is 0.354 e. The minimum Gasteiger partial charge on any atom is -0.394 e. The van der Waals surface area contributed by atoms with Crippen LogP contribution in [-0.4, -0.2) is 58.6 Å². The van der Waals surface area contributed by atoms with E-state index in [9.17, 15) is 9.90 Å². The van der Waals surface area contributed by atoms with Gasteiger partial charge >= 0.3 is 5.69 Å². The van der Waals surface area contributed by atoms with Crippen molar-refractivity contribution in [3.05, 3.63) is 52.1 Å². The monoisotopic (exact) mass is 414 g/mol. The summed E-state index contributed by atoms with van der Waals surface area (Å²) in [5.74, 6) is 0.603. The first-order valence-electron chi connectivity index (χ1n) is 10.5. The number of nitrogens with two attached hydrogens (primary N) is 2. The van der Waals surface area contributed by atoms with E-state index in [2.05, 4.69) is 15.6 Å². The van der Waals surface area contributed by atoms with Crippen LogP contribution in [-0.2, 0) is 17.7 Å². The fourth-order valence-electron chi connectivity index (χ4n) is 4.11. The van der Waals surface area contributed by atoms with Crippen molar-refractivity contribution in [2.24, 2.45) is 11.5 Å². The molecule has 4 atom stereocenters. The molecule has 4 rings (SSSR count). The standard InChI is InChI=1S/C21H30N6O3/c22-6-1-7-24-10-13-2-4-15(5-3-13)27-11-14-8-17(25-20(14)26-21(27)29)18-9-16(23)19(12-28)30-18/h2-5,11,16-19,24,28H,1,6-10,12,22-23H2,(H,25,26,29)/t16-,17?,18?,19-/m1/s1. The summed E-state index contributed by atoms with van der Waals surface area (Å²) >= 11 is 0. The fraction of sp³-hybridized carbons (Fsp3) is 0.524. The van der Waals surface area contributed by atoms with Gasteiger partial charge in [-0.05, 0) is 43.6 Å². The summed E-state index contributed by atoms with van der Waals surface area (Å²) in [6, 6.07) is 7.69. The van der Waals surface area contributed by atoms with E-state index in [1.54, 1.807) is 4.57 Å². The Morgan fingerprint density at radius 1 is 1.33 bits per heavy atom. The maximum atomic E-state index is 12.6. The largest absolute Gasteiger partial charge is 0.394 e. The van der Waals surface area contributed by atoms with Crippen molar-refractivity contribution in [2.45, 2.75) is 50.1 Å². The first-order chi connectivity index (χ1) is 14.6. The van der Waals surface area contributed by atoms with Gasteiger partial charge in [0.2, 0.25) is 0 Å². The summed E-state index contributed by atoms with van der Waals surface area (Å²) in [6.45, 7) is 2.24. The zero-order valence-electron chi connectivity index (χ0n) is 17.0. The lowest BCUT2D eigenvalue weighted by Crippen LogP contribution is -2.32. The van der Waals surface area contributed by atoms with Gasteiger partial charge in [0.15, 0.2) is 0 Å². The Morgan fingerprint density at radius 2 is 2.13 bits per heavy atom. The van der Waals surface area contributed by atoms with Gasteiger partial charge in [0.05, 0.1) is 30.5 Å². The highest BCUT2D eigenvalue weighted by atomic mass is 16.5. The number of aromatic nitrogens is 2. The molecule has 1 aromatic carbocycles. The van der Waals surface area contributed by atoms with E-state index in [0.717, 1.165) is 36.3 Å². The molecule has 1 aromatic heterocycles. The quantitative estimate of drug-likeness (QED) is 0.364. The summed E-state index contributed by atoms with van der Waals surface area (Å²) in [7, 11) is 0. The van der Waals surface area contributed by atoms with E-state index in [4.69, 9.17) is 16.2 Å². The van der Waals surface area contributed by atoms with E-state index in [-0.39, 0.29) is 36.6 Å². The van der Waals surface area contributed by atoms with Gasteiger partial charge in [0.25, 0.3) is 0 Å². The molecule has 1 fully saturated rings. The van der Waals surface area contributed by atoms with Crippen LogP contribution in [0.2, 0.25) is 0 Å². The Kier molecular flexibility index (Phi) is 6.45. The number of hydrogen-bond acceptors (Lipinski definition) is 8. The van der Waals surface area contributed by atoms with Crippen molar-refractivity contribution in [3.63, 3.8) is 0 Å². The van der Waals surface area contributed by atoms with Gasteiger partial charge < -0.3 is 31.9 Å². The van der Waals surface area contributed by atoms with Gasteiger partial charge in [-0.3, -0.25) is 4.57 Å². The number of benzene rings is 1. The van der Waals surface area contributed by atoms with Crippen LogP contribution in [0.4, 0.5) is 5.82 Å². The van der Waals surface area contributed by atoms with Crippen LogP contribution in [0.25, 0.3) is 5.69 Å². The van der Waals surface area contributed by atoms with E-state index in [0.29, 0.717) is 25.2 Å². The highest BCUT2D eigenvalue weighted by Gasteiger charge is 2.39. The normalized spacial score (nSPS) is 25.3. The van der Waals surface area contributed by atoms with E-state index in [1.807, 2.05) is 30.5 Å². The fourth-order valence-corrected chi connectivity index (χ4v) is 4.11. The molecule has 30 heavy (non-hydrogen) atoms. The molecule has 0 spiro atoms. The molecule has 162 valence electrons. The topological polar surface area (TPSA) is 140 Å². The van der Waals surface area contributed by atoms with Crippen LogP contribution in [0.1, 0.15) is 24.0 Å². The second-order valence-electron chi connectivity index (χ2n) is 8.00. The first kappa shape index (κ1) is 21.0. The summed E-state index contributed by atoms with van der Waals surface area (Å²) in [4.78, 5) is 16.8. The molecule has 9 heteroatoms. The molecular weight excluding hydrogens is 384 g/mol. The van der Waals surface area contributed by atoms with Crippen LogP contribution < -0.4 is 27.8 Å². The predicted octanol–water partition coefficient (Wildman–Crippen LogP) is -0.515. The summed E-state index contributed by atoms with van der Waals surface area (Å²) in [6.07, 6.45) is 3.72. The molecule has 2 aromatic rings. The minimum absolute atomic E-state index is 0.00711. The van der Waals surface area contributed by atoms with Crippen molar-refractivity contribution in [1.29, 1.82) is 0 Å². The SMILES string of the molecule is NCCCNCc1ccc(-n2cc3c(nc2=O)NC(C2C[C@@H](N)[C@@H](CO)O2)C3)cc1. The average molecular weight is 415 g/mol. The summed E-state index contributed by atoms with van der Waals surface area (Å²) < 4.78 is 7.46. The van der Waals surface area contributed by atoms with Crippen LogP contribution in [0.5, 0.6) is 0 Å². The van der Waals surface area contributed by atoms with Gasteiger partial charge in [0.1, 0.15) is 5.82 Å². The Hall–Kier alpha value is -2.30. The van der Waals surface area contributed by atoms with Gasteiger partial charge in [-0.2, -0.15) is 4.98 Å².